The third-order valence-corrected chi connectivity index (χ3v) is 5.42. The van der Waals surface area contributed by atoms with Gasteiger partial charge < -0.3 is 0 Å². The van der Waals surface area contributed by atoms with Crippen LogP contribution < -0.4 is 0 Å². The number of halogens is 1. The summed E-state index contributed by atoms with van der Waals surface area (Å²) >= 11 is 5.85. The van der Waals surface area contributed by atoms with Gasteiger partial charge >= 0.3 is 0 Å². The third-order valence-electron chi connectivity index (χ3n) is 3.12. The van der Waals surface area contributed by atoms with Crippen LogP contribution in [0.3, 0.4) is 0 Å². The lowest BCUT2D eigenvalue weighted by atomic mass is 10.1. The average molecular weight is 299 g/mol. The summed E-state index contributed by atoms with van der Waals surface area (Å²) in [5.74, 6) is 0. The van der Waals surface area contributed by atoms with Crippen molar-refractivity contribution in [3.63, 3.8) is 0 Å². The molecule has 0 saturated heterocycles. The predicted molar refractivity (Wildman–Crippen MR) is 76.6 cm³/mol. The van der Waals surface area contributed by atoms with Crippen LogP contribution in [0, 0.1) is 0 Å². The van der Waals surface area contributed by atoms with Crippen LogP contribution in [0.25, 0.3) is 0 Å². The van der Waals surface area contributed by atoms with Gasteiger partial charge in [0.15, 0.2) is 0 Å². The standard InChI is InChI=1S/C14H19BrS/c1-2-5-12(15)8-9-13-10-11-6-3-4-7-14(11)16-13/h3-4,6-7,12-13H,2,5,8-10H2,1H3. The van der Waals surface area contributed by atoms with Gasteiger partial charge in [0.05, 0.1) is 0 Å². The van der Waals surface area contributed by atoms with Crippen LogP contribution in [-0.4, -0.2) is 10.1 Å². The van der Waals surface area contributed by atoms with Crippen molar-refractivity contribution in [2.45, 2.75) is 54.0 Å². The van der Waals surface area contributed by atoms with Crippen molar-refractivity contribution >= 4 is 27.7 Å². The second kappa shape index (κ2) is 6.11. The predicted octanol–water partition coefficient (Wildman–Crippen LogP) is 5.05. The quantitative estimate of drug-likeness (QED) is 0.686. The van der Waals surface area contributed by atoms with Crippen LogP contribution in [0.4, 0.5) is 0 Å². The van der Waals surface area contributed by atoms with Gasteiger partial charge in [-0.2, -0.15) is 0 Å². The molecule has 1 aliphatic rings. The van der Waals surface area contributed by atoms with E-state index in [1.807, 2.05) is 0 Å². The molecular weight excluding hydrogens is 280 g/mol. The Morgan fingerprint density at radius 2 is 2.19 bits per heavy atom. The van der Waals surface area contributed by atoms with Crippen molar-refractivity contribution in [3.8, 4) is 0 Å². The maximum absolute atomic E-state index is 3.77. The van der Waals surface area contributed by atoms with Crippen molar-refractivity contribution in [2.24, 2.45) is 0 Å². The van der Waals surface area contributed by atoms with E-state index in [9.17, 15) is 0 Å². The van der Waals surface area contributed by atoms with E-state index < -0.39 is 0 Å². The van der Waals surface area contributed by atoms with E-state index in [2.05, 4.69) is 58.9 Å². The minimum atomic E-state index is 0.724. The van der Waals surface area contributed by atoms with Gasteiger partial charge in [0.2, 0.25) is 0 Å². The zero-order valence-electron chi connectivity index (χ0n) is 9.79. The summed E-state index contributed by atoms with van der Waals surface area (Å²) in [4.78, 5) is 2.23. The van der Waals surface area contributed by atoms with Crippen molar-refractivity contribution in [2.75, 3.05) is 0 Å². The molecule has 0 amide bonds. The van der Waals surface area contributed by atoms with Gasteiger partial charge in [0, 0.05) is 15.0 Å². The third kappa shape index (κ3) is 3.27. The van der Waals surface area contributed by atoms with E-state index in [4.69, 9.17) is 0 Å². The van der Waals surface area contributed by atoms with E-state index in [0.717, 1.165) is 10.1 Å². The lowest BCUT2D eigenvalue weighted by Gasteiger charge is -2.11. The highest BCUT2D eigenvalue weighted by molar-refractivity contribution is 9.09. The normalized spacial score (nSPS) is 20.8. The molecule has 0 fully saturated rings. The second-order valence-electron chi connectivity index (χ2n) is 4.52. The molecular formula is C14H19BrS. The van der Waals surface area contributed by atoms with Gasteiger partial charge in [0.25, 0.3) is 0 Å². The second-order valence-corrected chi connectivity index (χ2v) is 7.15. The summed E-state index contributed by atoms with van der Waals surface area (Å²) < 4.78 is 0. The van der Waals surface area contributed by atoms with Crippen LogP contribution in [0.1, 0.15) is 38.2 Å². The molecule has 0 bridgehead atoms. The topological polar surface area (TPSA) is 0 Å². The van der Waals surface area contributed by atoms with Crippen LogP contribution >= 0.6 is 27.7 Å². The van der Waals surface area contributed by atoms with Crippen molar-refractivity contribution in [1.82, 2.24) is 0 Å². The van der Waals surface area contributed by atoms with Gasteiger partial charge in [0.1, 0.15) is 0 Å². The van der Waals surface area contributed by atoms with E-state index >= 15 is 0 Å². The molecule has 16 heavy (non-hydrogen) atoms. The van der Waals surface area contributed by atoms with Crippen LogP contribution in [0.2, 0.25) is 0 Å². The monoisotopic (exact) mass is 298 g/mol. The molecule has 1 heterocycles. The summed E-state index contributed by atoms with van der Waals surface area (Å²) in [5, 5.41) is 0.814. The number of hydrogen-bond acceptors (Lipinski definition) is 1. The molecule has 0 aromatic heterocycles. The van der Waals surface area contributed by atoms with Gasteiger partial charge in [-0.3, -0.25) is 0 Å². The molecule has 1 aromatic carbocycles. The first-order valence-electron chi connectivity index (χ1n) is 6.18. The Hall–Kier alpha value is 0.0500. The Bertz CT molecular complexity index is 312. The van der Waals surface area contributed by atoms with Gasteiger partial charge in [-0.05, 0) is 37.3 Å². The summed E-state index contributed by atoms with van der Waals surface area (Å²) in [5.41, 5.74) is 1.55. The molecule has 1 aromatic rings. The number of rotatable bonds is 5. The van der Waals surface area contributed by atoms with E-state index in [-0.39, 0.29) is 0 Å². The Morgan fingerprint density at radius 1 is 1.38 bits per heavy atom. The largest absolute Gasteiger partial charge is 0.122 e. The van der Waals surface area contributed by atoms with Crippen molar-refractivity contribution in [3.05, 3.63) is 29.8 Å². The summed E-state index contributed by atoms with van der Waals surface area (Å²) in [6.45, 7) is 2.26. The van der Waals surface area contributed by atoms with Crippen LogP contribution in [0.15, 0.2) is 29.2 Å². The Kier molecular flexibility index (Phi) is 4.78. The highest BCUT2D eigenvalue weighted by Gasteiger charge is 2.21. The van der Waals surface area contributed by atoms with Crippen molar-refractivity contribution < 1.29 is 0 Å². The fraction of sp³-hybridized carbons (Fsp3) is 0.571. The molecule has 2 heteroatoms. The first-order chi connectivity index (χ1) is 7.79. The Morgan fingerprint density at radius 3 is 2.94 bits per heavy atom. The van der Waals surface area contributed by atoms with Gasteiger partial charge in [-0.15, -0.1) is 11.8 Å². The molecule has 1 aliphatic heterocycles. The number of fused-ring (bicyclic) bond motifs is 1. The fourth-order valence-electron chi connectivity index (χ4n) is 2.24. The van der Waals surface area contributed by atoms with E-state index in [1.165, 1.54) is 37.0 Å². The first-order valence-corrected chi connectivity index (χ1v) is 7.97. The fourth-order valence-corrected chi connectivity index (χ4v) is 4.30. The first kappa shape index (κ1) is 12.5. The Labute approximate surface area is 111 Å². The van der Waals surface area contributed by atoms with Gasteiger partial charge in [-0.1, -0.05) is 47.5 Å². The van der Waals surface area contributed by atoms with E-state index in [0.29, 0.717) is 0 Å². The number of thioether (sulfide) groups is 1. The molecule has 2 unspecified atom stereocenters. The summed E-state index contributed by atoms with van der Waals surface area (Å²) in [6, 6.07) is 8.85. The maximum atomic E-state index is 3.77. The molecule has 0 aliphatic carbocycles. The summed E-state index contributed by atoms with van der Waals surface area (Å²) in [7, 11) is 0. The molecule has 2 rings (SSSR count). The molecule has 88 valence electrons. The van der Waals surface area contributed by atoms with Crippen LogP contribution in [-0.2, 0) is 6.42 Å². The minimum Gasteiger partial charge on any atom is -0.122 e. The number of alkyl halides is 1. The highest BCUT2D eigenvalue weighted by Crippen LogP contribution is 2.39. The smallest absolute Gasteiger partial charge is 0.0146 e. The minimum absolute atomic E-state index is 0.724. The molecule has 2 atom stereocenters. The SMILES string of the molecule is CCCC(Br)CCC1Cc2ccccc2S1. The number of hydrogen-bond donors (Lipinski definition) is 0. The van der Waals surface area contributed by atoms with E-state index in [1.54, 1.807) is 5.56 Å². The zero-order chi connectivity index (χ0) is 11.4. The number of benzene rings is 1. The Balaban J connectivity index is 1.79. The molecule has 0 N–H and O–H groups in total. The molecule has 0 saturated carbocycles. The zero-order valence-corrected chi connectivity index (χ0v) is 12.2. The molecule has 0 radical (unpaired) electrons. The highest BCUT2D eigenvalue weighted by atomic mass is 79.9. The molecule has 0 spiro atoms. The molecule has 0 nitrogen and oxygen atoms in total. The average Bonchev–Trinajstić information content (AvgIpc) is 2.69. The lowest BCUT2D eigenvalue weighted by molar-refractivity contribution is 0.639. The maximum Gasteiger partial charge on any atom is 0.0146 e. The van der Waals surface area contributed by atoms with Crippen molar-refractivity contribution in [1.29, 1.82) is 0 Å². The summed E-state index contributed by atoms with van der Waals surface area (Å²) in [6.07, 6.45) is 6.53. The lowest BCUT2D eigenvalue weighted by Crippen LogP contribution is -2.05. The van der Waals surface area contributed by atoms with Gasteiger partial charge in [-0.25, -0.2) is 0 Å². The van der Waals surface area contributed by atoms with Crippen LogP contribution in [0.5, 0.6) is 0 Å².